The molecule has 0 aromatic carbocycles. The Hall–Kier alpha value is -1.91. The maximum absolute atomic E-state index is 12.4. The van der Waals surface area contributed by atoms with Gasteiger partial charge in [0.25, 0.3) is 5.56 Å². The number of nitrogens with zero attached hydrogens (tertiary/aromatic N) is 1. The fourth-order valence-electron chi connectivity index (χ4n) is 2.86. The smallest absolute Gasteiger partial charge is 0.316 e. The maximum Gasteiger partial charge on any atom is 0.316 e. The number of fused-ring (bicyclic) bond motifs is 2. The summed E-state index contributed by atoms with van der Waals surface area (Å²) < 4.78 is 6.64. The van der Waals surface area contributed by atoms with Gasteiger partial charge >= 0.3 is 5.97 Å². The Morgan fingerprint density at radius 3 is 2.79 bits per heavy atom. The van der Waals surface area contributed by atoms with Crippen molar-refractivity contribution in [2.24, 2.45) is 0 Å². The molecule has 0 radical (unpaired) electrons. The quantitative estimate of drug-likeness (QED) is 0.711. The molecule has 1 aromatic heterocycles. The van der Waals surface area contributed by atoms with Crippen molar-refractivity contribution in [3.63, 3.8) is 0 Å². The lowest BCUT2D eigenvalue weighted by atomic mass is 9.76. The minimum absolute atomic E-state index is 0.0110. The first kappa shape index (κ1) is 12.1. The zero-order valence-electron chi connectivity index (χ0n) is 11.0. The van der Waals surface area contributed by atoms with Crippen molar-refractivity contribution in [1.82, 2.24) is 4.57 Å². The lowest BCUT2D eigenvalue weighted by Gasteiger charge is -2.33. The summed E-state index contributed by atoms with van der Waals surface area (Å²) >= 11 is 0. The normalized spacial score (nSPS) is 24.9. The van der Waals surface area contributed by atoms with Crippen LogP contribution in [0.4, 0.5) is 0 Å². The SMILES string of the molecule is CCC1(C)C(=O)OCc2c1cc1n(c2=O)CCC1=O. The Morgan fingerprint density at radius 1 is 1.37 bits per heavy atom. The van der Waals surface area contributed by atoms with Crippen molar-refractivity contribution < 1.29 is 14.3 Å². The molecule has 0 amide bonds. The van der Waals surface area contributed by atoms with Crippen LogP contribution in [0.25, 0.3) is 0 Å². The molecular weight excluding hydrogens is 246 g/mol. The number of rotatable bonds is 1. The first-order valence-corrected chi connectivity index (χ1v) is 6.46. The summed E-state index contributed by atoms with van der Waals surface area (Å²) in [5, 5.41) is 0. The molecule has 0 spiro atoms. The van der Waals surface area contributed by atoms with Gasteiger partial charge in [-0.25, -0.2) is 0 Å². The van der Waals surface area contributed by atoms with Crippen LogP contribution >= 0.6 is 0 Å². The van der Waals surface area contributed by atoms with Gasteiger partial charge in [-0.15, -0.1) is 0 Å². The highest BCUT2D eigenvalue weighted by Gasteiger charge is 2.43. The number of Topliss-reactive ketones (excluding diaryl/α,β-unsaturated/α-hetero) is 1. The number of carbonyl (C=O) groups excluding carboxylic acids is 2. The molecule has 1 unspecified atom stereocenters. The molecule has 5 heteroatoms. The van der Waals surface area contributed by atoms with Crippen LogP contribution in [0.15, 0.2) is 10.9 Å². The highest BCUT2D eigenvalue weighted by Crippen LogP contribution is 2.36. The molecule has 3 heterocycles. The largest absolute Gasteiger partial charge is 0.460 e. The van der Waals surface area contributed by atoms with Gasteiger partial charge < -0.3 is 9.30 Å². The van der Waals surface area contributed by atoms with E-state index in [1.54, 1.807) is 13.0 Å². The lowest BCUT2D eigenvalue weighted by Crippen LogP contribution is -2.42. The van der Waals surface area contributed by atoms with E-state index in [1.165, 1.54) is 4.57 Å². The lowest BCUT2D eigenvalue weighted by molar-refractivity contribution is -0.153. The topological polar surface area (TPSA) is 65.4 Å². The standard InChI is InChI=1S/C14H15NO4/c1-3-14(2)9-6-10-11(16)4-5-15(10)12(17)8(9)7-19-13(14)18/h6H,3-5,7H2,1-2H3. The van der Waals surface area contributed by atoms with Crippen molar-refractivity contribution in [1.29, 1.82) is 0 Å². The van der Waals surface area contributed by atoms with Crippen LogP contribution in [0.5, 0.6) is 0 Å². The van der Waals surface area contributed by atoms with Crippen LogP contribution in [0, 0.1) is 0 Å². The van der Waals surface area contributed by atoms with Crippen molar-refractivity contribution in [3.8, 4) is 0 Å². The Labute approximate surface area is 110 Å². The average Bonchev–Trinajstić information content (AvgIpc) is 2.77. The first-order valence-electron chi connectivity index (χ1n) is 6.46. The highest BCUT2D eigenvalue weighted by molar-refractivity contribution is 5.97. The Balaban J connectivity index is 2.33. The Kier molecular flexibility index (Phi) is 2.42. The van der Waals surface area contributed by atoms with Gasteiger partial charge in [-0.1, -0.05) is 6.92 Å². The summed E-state index contributed by atoms with van der Waals surface area (Å²) in [6, 6.07) is 1.72. The van der Waals surface area contributed by atoms with Gasteiger partial charge in [0.2, 0.25) is 0 Å². The number of hydrogen-bond donors (Lipinski definition) is 0. The van der Waals surface area contributed by atoms with Crippen LogP contribution < -0.4 is 5.56 Å². The van der Waals surface area contributed by atoms with E-state index >= 15 is 0 Å². The fourth-order valence-corrected chi connectivity index (χ4v) is 2.86. The van der Waals surface area contributed by atoms with Gasteiger partial charge in [0.15, 0.2) is 5.78 Å². The van der Waals surface area contributed by atoms with E-state index in [1.807, 2.05) is 6.92 Å². The predicted molar refractivity (Wildman–Crippen MR) is 67.1 cm³/mol. The first-order chi connectivity index (χ1) is 8.99. The average molecular weight is 261 g/mol. The van der Waals surface area contributed by atoms with Crippen molar-refractivity contribution in [2.75, 3.05) is 0 Å². The molecule has 100 valence electrons. The van der Waals surface area contributed by atoms with Crippen molar-refractivity contribution >= 4 is 11.8 Å². The summed E-state index contributed by atoms with van der Waals surface area (Å²) in [6.45, 7) is 4.08. The van der Waals surface area contributed by atoms with Gasteiger partial charge in [-0.3, -0.25) is 14.4 Å². The van der Waals surface area contributed by atoms with E-state index in [0.29, 0.717) is 36.2 Å². The minimum atomic E-state index is -0.828. The molecule has 0 fully saturated rings. The molecule has 19 heavy (non-hydrogen) atoms. The zero-order chi connectivity index (χ0) is 13.8. The van der Waals surface area contributed by atoms with E-state index in [2.05, 4.69) is 0 Å². The van der Waals surface area contributed by atoms with Crippen molar-refractivity contribution in [3.05, 3.63) is 33.2 Å². The van der Waals surface area contributed by atoms with Gasteiger partial charge in [0.05, 0.1) is 16.7 Å². The number of esters is 1. The zero-order valence-corrected chi connectivity index (χ0v) is 11.0. The predicted octanol–water partition coefficient (Wildman–Crippen LogP) is 1.16. The van der Waals surface area contributed by atoms with Crippen LogP contribution in [0.3, 0.4) is 0 Å². The third-order valence-electron chi connectivity index (χ3n) is 4.35. The molecule has 2 aliphatic rings. The van der Waals surface area contributed by atoms with Gasteiger partial charge in [0.1, 0.15) is 6.61 Å². The number of carbonyl (C=O) groups is 2. The molecule has 1 atom stereocenters. The summed E-state index contributed by atoms with van der Waals surface area (Å²) in [5.74, 6) is -0.352. The van der Waals surface area contributed by atoms with Crippen molar-refractivity contribution in [2.45, 2.75) is 45.3 Å². The molecule has 0 saturated carbocycles. The van der Waals surface area contributed by atoms with Crippen LogP contribution in [-0.2, 0) is 28.1 Å². The molecule has 0 aliphatic carbocycles. The second-order valence-corrected chi connectivity index (χ2v) is 5.31. The molecular formula is C14H15NO4. The summed E-state index contributed by atoms with van der Waals surface area (Å²) in [5.41, 5.74) is 0.592. The molecule has 3 rings (SSSR count). The maximum atomic E-state index is 12.4. The molecule has 0 saturated heterocycles. The number of pyridine rings is 1. The molecule has 2 aliphatic heterocycles. The van der Waals surface area contributed by atoms with Gasteiger partial charge in [-0.05, 0) is 25.0 Å². The number of cyclic esters (lactones) is 1. The van der Waals surface area contributed by atoms with Gasteiger partial charge in [0, 0.05) is 13.0 Å². The third kappa shape index (κ3) is 1.44. The fraction of sp³-hybridized carbons (Fsp3) is 0.500. The van der Waals surface area contributed by atoms with E-state index in [-0.39, 0.29) is 23.9 Å². The number of ether oxygens (including phenoxy) is 1. The summed E-state index contributed by atoms with van der Waals surface area (Å²) in [7, 11) is 0. The van der Waals surface area contributed by atoms with Crippen LogP contribution in [-0.4, -0.2) is 16.3 Å². The summed E-state index contributed by atoms with van der Waals surface area (Å²) in [6.07, 6.45) is 0.895. The Morgan fingerprint density at radius 2 is 2.11 bits per heavy atom. The number of aromatic nitrogens is 1. The number of hydrogen-bond acceptors (Lipinski definition) is 4. The van der Waals surface area contributed by atoms with E-state index in [9.17, 15) is 14.4 Å². The third-order valence-corrected chi connectivity index (χ3v) is 4.35. The molecule has 5 nitrogen and oxygen atoms in total. The Bertz CT molecular complexity index is 658. The van der Waals surface area contributed by atoms with Crippen LogP contribution in [0.2, 0.25) is 0 Å². The van der Waals surface area contributed by atoms with E-state index in [0.717, 1.165) is 0 Å². The van der Waals surface area contributed by atoms with E-state index in [4.69, 9.17) is 4.74 Å². The molecule has 0 N–H and O–H groups in total. The monoisotopic (exact) mass is 261 g/mol. The summed E-state index contributed by atoms with van der Waals surface area (Å²) in [4.78, 5) is 36.2. The molecule has 0 bridgehead atoms. The second kappa shape index (κ2) is 3.79. The second-order valence-electron chi connectivity index (χ2n) is 5.31. The number of ketones is 1. The van der Waals surface area contributed by atoms with E-state index < -0.39 is 5.41 Å². The molecule has 1 aromatic rings. The highest BCUT2D eigenvalue weighted by atomic mass is 16.5. The minimum Gasteiger partial charge on any atom is -0.460 e. The van der Waals surface area contributed by atoms with Crippen LogP contribution in [0.1, 0.15) is 48.3 Å². The van der Waals surface area contributed by atoms with Gasteiger partial charge in [-0.2, -0.15) is 0 Å².